The Labute approximate surface area is 209 Å². The molecule has 1 saturated carbocycles. The van der Waals surface area contributed by atoms with Gasteiger partial charge < -0.3 is 14.4 Å². The number of aromatic nitrogens is 2. The highest BCUT2D eigenvalue weighted by Gasteiger charge is 2.36. The van der Waals surface area contributed by atoms with Crippen molar-refractivity contribution in [3.05, 3.63) is 95.0 Å². The van der Waals surface area contributed by atoms with Crippen LogP contribution in [0.1, 0.15) is 28.8 Å². The van der Waals surface area contributed by atoms with Crippen LogP contribution in [0.3, 0.4) is 0 Å². The summed E-state index contributed by atoms with van der Waals surface area (Å²) in [5.74, 6) is 1.91. The van der Waals surface area contributed by atoms with Gasteiger partial charge in [-0.1, -0.05) is 54.1 Å². The highest BCUT2D eigenvalue weighted by Crippen LogP contribution is 2.38. The fourth-order valence-corrected chi connectivity index (χ4v) is 4.34. The van der Waals surface area contributed by atoms with E-state index < -0.39 is 0 Å². The molecule has 0 spiro atoms. The molecule has 1 amide bonds. The number of ether oxygens (including phenoxy) is 2. The first-order valence-corrected chi connectivity index (χ1v) is 11.9. The van der Waals surface area contributed by atoms with Gasteiger partial charge in [0.2, 0.25) is 5.88 Å². The molecule has 1 heterocycles. The summed E-state index contributed by atoms with van der Waals surface area (Å²) in [5.41, 5.74) is 3.10. The van der Waals surface area contributed by atoms with Crippen LogP contribution >= 0.6 is 11.6 Å². The molecular formula is C28H26ClN3O3. The summed E-state index contributed by atoms with van der Waals surface area (Å²) in [5, 5.41) is 5.25. The summed E-state index contributed by atoms with van der Waals surface area (Å²) in [6.45, 7) is 0.359. The first kappa shape index (κ1) is 23.0. The molecule has 0 aliphatic heterocycles. The molecule has 1 aliphatic carbocycles. The van der Waals surface area contributed by atoms with E-state index in [0.717, 1.165) is 35.4 Å². The largest absolute Gasteiger partial charge is 0.497 e. The fourth-order valence-electron chi connectivity index (χ4n) is 4.12. The summed E-state index contributed by atoms with van der Waals surface area (Å²) < 4.78 is 13.3. The van der Waals surface area contributed by atoms with E-state index in [0.29, 0.717) is 28.8 Å². The predicted molar refractivity (Wildman–Crippen MR) is 136 cm³/mol. The SMILES string of the molecule is COc1ccc(Oc2c(CN(C(=O)c3ccccc3Cl)C3CC3)c(-c3ccccc3)nn2C)cc1. The second-order valence-electron chi connectivity index (χ2n) is 8.54. The minimum Gasteiger partial charge on any atom is -0.497 e. The molecule has 4 aromatic rings. The fraction of sp³-hybridized carbons (Fsp3) is 0.214. The Kier molecular flexibility index (Phi) is 6.47. The van der Waals surface area contributed by atoms with Crippen molar-refractivity contribution in [2.24, 2.45) is 7.05 Å². The van der Waals surface area contributed by atoms with Gasteiger partial charge in [0.15, 0.2) is 0 Å². The van der Waals surface area contributed by atoms with Crippen LogP contribution in [0.5, 0.6) is 17.4 Å². The van der Waals surface area contributed by atoms with Gasteiger partial charge in [0, 0.05) is 18.7 Å². The number of rotatable bonds is 8. The standard InChI is InChI=1S/C28H26ClN3O3/c1-31-28(35-22-16-14-21(34-2)15-17-22)24(26(30-31)19-8-4-3-5-9-19)18-32(20-12-13-20)27(33)23-10-6-7-11-25(23)29/h3-11,14-17,20H,12-13,18H2,1-2H3. The lowest BCUT2D eigenvalue weighted by Gasteiger charge is -2.24. The van der Waals surface area contributed by atoms with Crippen LogP contribution in [0, 0.1) is 0 Å². The normalized spacial score (nSPS) is 12.9. The van der Waals surface area contributed by atoms with Gasteiger partial charge >= 0.3 is 0 Å². The molecule has 178 valence electrons. The maximum absolute atomic E-state index is 13.6. The summed E-state index contributed by atoms with van der Waals surface area (Å²) in [6.07, 6.45) is 1.93. The number of hydrogen-bond acceptors (Lipinski definition) is 4. The van der Waals surface area contributed by atoms with Crippen molar-refractivity contribution < 1.29 is 14.3 Å². The van der Waals surface area contributed by atoms with E-state index >= 15 is 0 Å². The van der Waals surface area contributed by atoms with Crippen molar-refractivity contribution >= 4 is 17.5 Å². The quantitative estimate of drug-likeness (QED) is 0.291. The molecule has 0 radical (unpaired) electrons. The maximum Gasteiger partial charge on any atom is 0.255 e. The van der Waals surface area contributed by atoms with Gasteiger partial charge in [0.1, 0.15) is 17.2 Å². The highest BCUT2D eigenvalue weighted by atomic mass is 35.5. The molecule has 0 N–H and O–H groups in total. The zero-order chi connectivity index (χ0) is 24.4. The third-order valence-corrected chi connectivity index (χ3v) is 6.42. The number of halogens is 1. The Morgan fingerprint density at radius 3 is 2.31 bits per heavy atom. The van der Waals surface area contributed by atoms with Crippen molar-refractivity contribution in [3.8, 4) is 28.6 Å². The first-order chi connectivity index (χ1) is 17.0. The van der Waals surface area contributed by atoms with Crippen molar-refractivity contribution in [3.63, 3.8) is 0 Å². The lowest BCUT2D eigenvalue weighted by molar-refractivity contribution is 0.0729. The van der Waals surface area contributed by atoms with E-state index in [9.17, 15) is 4.79 Å². The number of aryl methyl sites for hydroxylation is 1. The van der Waals surface area contributed by atoms with E-state index in [1.54, 1.807) is 23.9 Å². The molecule has 7 heteroatoms. The smallest absolute Gasteiger partial charge is 0.255 e. The van der Waals surface area contributed by atoms with Crippen LogP contribution in [-0.4, -0.2) is 33.7 Å². The third kappa shape index (κ3) is 4.88. The zero-order valence-corrected chi connectivity index (χ0v) is 20.4. The van der Waals surface area contributed by atoms with Gasteiger partial charge in [0.25, 0.3) is 5.91 Å². The second kappa shape index (κ2) is 9.84. The van der Waals surface area contributed by atoms with Crippen LogP contribution < -0.4 is 9.47 Å². The number of nitrogens with zero attached hydrogens (tertiary/aromatic N) is 3. The molecule has 0 atom stereocenters. The Balaban J connectivity index is 1.55. The van der Waals surface area contributed by atoms with Gasteiger partial charge in [-0.15, -0.1) is 0 Å². The molecule has 1 aliphatic rings. The number of carbonyl (C=O) groups excluding carboxylic acids is 1. The molecule has 3 aromatic carbocycles. The number of hydrogen-bond donors (Lipinski definition) is 0. The topological polar surface area (TPSA) is 56.6 Å². The van der Waals surface area contributed by atoms with E-state index in [-0.39, 0.29) is 11.9 Å². The zero-order valence-electron chi connectivity index (χ0n) is 19.6. The van der Waals surface area contributed by atoms with Crippen LogP contribution in [0.2, 0.25) is 5.02 Å². The van der Waals surface area contributed by atoms with E-state index in [2.05, 4.69) is 0 Å². The van der Waals surface area contributed by atoms with Crippen molar-refractivity contribution in [2.45, 2.75) is 25.4 Å². The number of amides is 1. The van der Waals surface area contributed by atoms with Crippen LogP contribution in [0.15, 0.2) is 78.9 Å². The maximum atomic E-state index is 13.6. The van der Waals surface area contributed by atoms with Gasteiger partial charge in [-0.25, -0.2) is 4.68 Å². The first-order valence-electron chi connectivity index (χ1n) is 11.5. The van der Waals surface area contributed by atoms with Gasteiger partial charge in [0.05, 0.1) is 29.8 Å². The number of methoxy groups -OCH3 is 1. The average Bonchev–Trinajstić information content (AvgIpc) is 3.68. The molecule has 1 aromatic heterocycles. The van der Waals surface area contributed by atoms with Crippen molar-refractivity contribution in [1.82, 2.24) is 14.7 Å². The van der Waals surface area contributed by atoms with Crippen LogP contribution in [0.4, 0.5) is 0 Å². The highest BCUT2D eigenvalue weighted by molar-refractivity contribution is 6.33. The van der Waals surface area contributed by atoms with Gasteiger partial charge in [-0.2, -0.15) is 5.10 Å². The lowest BCUT2D eigenvalue weighted by Crippen LogP contribution is -2.33. The molecule has 0 unspecified atom stereocenters. The second-order valence-corrected chi connectivity index (χ2v) is 8.95. The van der Waals surface area contributed by atoms with E-state index in [1.807, 2.05) is 78.7 Å². The molecular weight excluding hydrogens is 462 g/mol. The van der Waals surface area contributed by atoms with Gasteiger partial charge in [-0.3, -0.25) is 4.79 Å². The molecule has 0 saturated heterocycles. The lowest BCUT2D eigenvalue weighted by atomic mass is 10.1. The Morgan fingerprint density at radius 1 is 1.00 bits per heavy atom. The molecule has 35 heavy (non-hydrogen) atoms. The monoisotopic (exact) mass is 487 g/mol. The summed E-state index contributed by atoms with van der Waals surface area (Å²) in [6, 6.07) is 24.7. The summed E-state index contributed by atoms with van der Waals surface area (Å²) in [7, 11) is 3.48. The van der Waals surface area contributed by atoms with Gasteiger partial charge in [-0.05, 0) is 49.2 Å². The number of carbonyl (C=O) groups is 1. The number of benzene rings is 3. The molecule has 0 bridgehead atoms. The Morgan fingerprint density at radius 2 is 1.66 bits per heavy atom. The average molecular weight is 488 g/mol. The van der Waals surface area contributed by atoms with Crippen LogP contribution in [0.25, 0.3) is 11.3 Å². The minimum absolute atomic E-state index is 0.0867. The van der Waals surface area contributed by atoms with Crippen molar-refractivity contribution in [1.29, 1.82) is 0 Å². The van der Waals surface area contributed by atoms with Crippen LogP contribution in [-0.2, 0) is 13.6 Å². The van der Waals surface area contributed by atoms with E-state index in [4.69, 9.17) is 26.2 Å². The van der Waals surface area contributed by atoms with E-state index in [1.165, 1.54) is 0 Å². The molecule has 6 nitrogen and oxygen atoms in total. The predicted octanol–water partition coefficient (Wildman–Crippen LogP) is 6.35. The molecule has 1 fully saturated rings. The minimum atomic E-state index is -0.0867. The van der Waals surface area contributed by atoms with Crippen molar-refractivity contribution in [2.75, 3.05) is 7.11 Å². The Bertz CT molecular complexity index is 1330. The molecule has 5 rings (SSSR count). The Hall–Kier alpha value is -3.77. The third-order valence-electron chi connectivity index (χ3n) is 6.09. The summed E-state index contributed by atoms with van der Waals surface area (Å²) in [4.78, 5) is 15.5. The summed E-state index contributed by atoms with van der Waals surface area (Å²) >= 11 is 6.39.